The lowest BCUT2D eigenvalue weighted by atomic mass is 10.1. The third-order valence-electron chi connectivity index (χ3n) is 3.56. The van der Waals surface area contributed by atoms with E-state index >= 15 is 0 Å². The van der Waals surface area contributed by atoms with Crippen LogP contribution in [-0.2, 0) is 7.05 Å². The standard InChI is InChI=1S/C13H15BrN4O2/c1-8-15-12(20-16-8)9-3-4-18(6-9)13(19)11-5-10(14)7-17(11)2/h5,7,9H,3-4,6H2,1-2H3. The van der Waals surface area contributed by atoms with E-state index in [1.165, 1.54) is 0 Å². The van der Waals surface area contributed by atoms with Crippen molar-refractivity contribution in [2.45, 2.75) is 19.3 Å². The minimum absolute atomic E-state index is 0.0388. The van der Waals surface area contributed by atoms with E-state index < -0.39 is 0 Å². The Morgan fingerprint density at radius 3 is 2.95 bits per heavy atom. The molecule has 0 aromatic carbocycles. The molecule has 106 valence electrons. The number of rotatable bonds is 2. The lowest BCUT2D eigenvalue weighted by Crippen LogP contribution is -2.29. The summed E-state index contributed by atoms with van der Waals surface area (Å²) in [4.78, 5) is 18.6. The average Bonchev–Trinajstić information content (AvgIpc) is 3.08. The first-order chi connectivity index (χ1) is 9.54. The zero-order chi connectivity index (χ0) is 14.3. The molecule has 3 heterocycles. The van der Waals surface area contributed by atoms with Crippen LogP contribution in [0.3, 0.4) is 0 Å². The maximum Gasteiger partial charge on any atom is 0.270 e. The van der Waals surface area contributed by atoms with E-state index in [2.05, 4.69) is 26.1 Å². The minimum Gasteiger partial charge on any atom is -0.345 e. The number of amides is 1. The zero-order valence-corrected chi connectivity index (χ0v) is 12.9. The van der Waals surface area contributed by atoms with Gasteiger partial charge in [-0.1, -0.05) is 5.16 Å². The number of carbonyl (C=O) groups is 1. The molecule has 0 radical (unpaired) electrons. The van der Waals surface area contributed by atoms with Crippen LogP contribution in [0.4, 0.5) is 0 Å². The second-order valence-electron chi connectivity index (χ2n) is 5.07. The van der Waals surface area contributed by atoms with Crippen molar-refractivity contribution in [3.63, 3.8) is 0 Å². The number of aromatic nitrogens is 3. The van der Waals surface area contributed by atoms with Gasteiger partial charge in [-0.15, -0.1) is 0 Å². The summed E-state index contributed by atoms with van der Waals surface area (Å²) in [5.74, 6) is 1.45. The fourth-order valence-electron chi connectivity index (χ4n) is 2.52. The molecular formula is C13H15BrN4O2. The summed E-state index contributed by atoms with van der Waals surface area (Å²) in [5, 5.41) is 3.81. The number of aryl methyl sites for hydroxylation is 2. The van der Waals surface area contributed by atoms with Gasteiger partial charge >= 0.3 is 0 Å². The summed E-state index contributed by atoms with van der Waals surface area (Å²) in [6.07, 6.45) is 2.74. The summed E-state index contributed by atoms with van der Waals surface area (Å²) in [6.45, 7) is 3.14. The number of likely N-dealkylation sites (tertiary alicyclic amines) is 1. The molecule has 1 saturated heterocycles. The summed E-state index contributed by atoms with van der Waals surface area (Å²) >= 11 is 3.39. The zero-order valence-electron chi connectivity index (χ0n) is 11.3. The van der Waals surface area contributed by atoms with E-state index in [1.54, 1.807) is 6.92 Å². The summed E-state index contributed by atoms with van der Waals surface area (Å²) in [6, 6.07) is 1.84. The van der Waals surface area contributed by atoms with Crippen LogP contribution in [0.15, 0.2) is 21.3 Å². The van der Waals surface area contributed by atoms with Crippen molar-refractivity contribution >= 4 is 21.8 Å². The second kappa shape index (κ2) is 5.05. The molecule has 1 fully saturated rings. The quantitative estimate of drug-likeness (QED) is 0.841. The normalized spacial score (nSPS) is 18.8. The van der Waals surface area contributed by atoms with E-state index in [4.69, 9.17) is 4.52 Å². The van der Waals surface area contributed by atoms with Gasteiger partial charge in [0.15, 0.2) is 5.82 Å². The van der Waals surface area contributed by atoms with Crippen molar-refractivity contribution in [1.82, 2.24) is 19.6 Å². The molecule has 2 aromatic rings. The lowest BCUT2D eigenvalue weighted by Gasteiger charge is -2.16. The molecule has 0 bridgehead atoms. The molecule has 7 heteroatoms. The largest absolute Gasteiger partial charge is 0.345 e. The van der Waals surface area contributed by atoms with E-state index in [0.717, 1.165) is 10.9 Å². The predicted octanol–water partition coefficient (Wildman–Crippen LogP) is 2.11. The van der Waals surface area contributed by atoms with Crippen LogP contribution in [0.1, 0.15) is 34.5 Å². The molecule has 1 aliphatic heterocycles. The first-order valence-electron chi connectivity index (χ1n) is 6.46. The van der Waals surface area contributed by atoms with Gasteiger partial charge in [0.25, 0.3) is 5.91 Å². The fraction of sp³-hybridized carbons (Fsp3) is 0.462. The average molecular weight is 339 g/mol. The van der Waals surface area contributed by atoms with Gasteiger partial charge in [-0.05, 0) is 35.3 Å². The highest BCUT2D eigenvalue weighted by atomic mass is 79.9. The van der Waals surface area contributed by atoms with Gasteiger partial charge in [-0.25, -0.2) is 0 Å². The summed E-state index contributed by atoms with van der Waals surface area (Å²) in [5.41, 5.74) is 0.680. The van der Waals surface area contributed by atoms with Crippen LogP contribution in [0.5, 0.6) is 0 Å². The maximum atomic E-state index is 12.5. The second-order valence-corrected chi connectivity index (χ2v) is 5.99. The van der Waals surface area contributed by atoms with Gasteiger partial charge in [0.2, 0.25) is 5.89 Å². The molecule has 1 aliphatic rings. The smallest absolute Gasteiger partial charge is 0.270 e. The Balaban J connectivity index is 1.74. The third kappa shape index (κ3) is 2.37. The van der Waals surface area contributed by atoms with Gasteiger partial charge in [-0.3, -0.25) is 4.79 Å². The molecular weight excluding hydrogens is 324 g/mol. The van der Waals surface area contributed by atoms with Crippen molar-refractivity contribution in [3.8, 4) is 0 Å². The molecule has 1 amide bonds. The topological polar surface area (TPSA) is 64.2 Å². The molecule has 2 aromatic heterocycles. The predicted molar refractivity (Wildman–Crippen MR) is 75.4 cm³/mol. The highest BCUT2D eigenvalue weighted by Gasteiger charge is 2.32. The summed E-state index contributed by atoms with van der Waals surface area (Å²) < 4.78 is 7.94. The van der Waals surface area contributed by atoms with Crippen molar-refractivity contribution in [3.05, 3.63) is 34.1 Å². The number of nitrogens with zero attached hydrogens (tertiary/aromatic N) is 4. The Morgan fingerprint density at radius 2 is 2.35 bits per heavy atom. The molecule has 6 nitrogen and oxygen atoms in total. The van der Waals surface area contributed by atoms with Gasteiger partial charge in [-0.2, -0.15) is 4.98 Å². The first kappa shape index (κ1) is 13.4. The van der Waals surface area contributed by atoms with Crippen molar-refractivity contribution in [2.75, 3.05) is 13.1 Å². The van der Waals surface area contributed by atoms with Crippen molar-refractivity contribution in [1.29, 1.82) is 0 Å². The molecule has 1 atom stereocenters. The third-order valence-corrected chi connectivity index (χ3v) is 3.99. The van der Waals surface area contributed by atoms with Gasteiger partial charge in [0, 0.05) is 30.8 Å². The molecule has 20 heavy (non-hydrogen) atoms. The molecule has 0 spiro atoms. The van der Waals surface area contributed by atoms with Crippen LogP contribution >= 0.6 is 15.9 Å². The Labute approximate surface area is 124 Å². The Kier molecular flexibility index (Phi) is 3.37. The first-order valence-corrected chi connectivity index (χ1v) is 7.25. The molecule has 0 N–H and O–H groups in total. The van der Waals surface area contributed by atoms with Crippen LogP contribution < -0.4 is 0 Å². The fourth-order valence-corrected chi connectivity index (χ4v) is 3.05. The van der Waals surface area contributed by atoms with Crippen LogP contribution in [-0.4, -0.2) is 38.6 Å². The van der Waals surface area contributed by atoms with E-state index in [-0.39, 0.29) is 11.8 Å². The Hall–Kier alpha value is -1.63. The monoisotopic (exact) mass is 338 g/mol. The Bertz CT molecular complexity index is 649. The number of hydrogen-bond donors (Lipinski definition) is 0. The van der Waals surface area contributed by atoms with E-state index in [9.17, 15) is 4.79 Å². The maximum absolute atomic E-state index is 12.5. The van der Waals surface area contributed by atoms with Crippen LogP contribution in [0, 0.1) is 6.92 Å². The van der Waals surface area contributed by atoms with Gasteiger partial charge < -0.3 is 14.0 Å². The molecule has 1 unspecified atom stereocenters. The van der Waals surface area contributed by atoms with Crippen LogP contribution in [0.2, 0.25) is 0 Å². The molecule has 3 rings (SSSR count). The number of carbonyl (C=O) groups excluding carboxylic acids is 1. The van der Waals surface area contributed by atoms with Crippen LogP contribution in [0.25, 0.3) is 0 Å². The van der Waals surface area contributed by atoms with Crippen molar-refractivity contribution in [2.24, 2.45) is 7.05 Å². The van der Waals surface area contributed by atoms with E-state index in [1.807, 2.05) is 28.8 Å². The minimum atomic E-state index is 0.0388. The Morgan fingerprint density at radius 1 is 1.55 bits per heavy atom. The summed E-state index contributed by atoms with van der Waals surface area (Å²) in [7, 11) is 1.87. The highest BCUT2D eigenvalue weighted by Crippen LogP contribution is 2.27. The van der Waals surface area contributed by atoms with E-state index in [0.29, 0.717) is 30.5 Å². The SMILES string of the molecule is Cc1noc(C2CCN(C(=O)c3cc(Br)cn3C)C2)n1. The van der Waals surface area contributed by atoms with Gasteiger partial charge in [0.1, 0.15) is 5.69 Å². The van der Waals surface area contributed by atoms with Crippen molar-refractivity contribution < 1.29 is 9.32 Å². The molecule has 0 aliphatic carbocycles. The van der Waals surface area contributed by atoms with Gasteiger partial charge in [0.05, 0.1) is 5.92 Å². The number of hydrogen-bond acceptors (Lipinski definition) is 4. The lowest BCUT2D eigenvalue weighted by molar-refractivity contribution is 0.0780. The highest BCUT2D eigenvalue weighted by molar-refractivity contribution is 9.10. The molecule has 0 saturated carbocycles. The number of halogens is 1.